The summed E-state index contributed by atoms with van der Waals surface area (Å²) in [7, 11) is 0. The number of carbonyl (C=O) groups excluding carboxylic acids is 12. The number of aromatic amines is 2. The Morgan fingerprint density at radius 2 is 1.14 bits per heavy atom. The van der Waals surface area contributed by atoms with Gasteiger partial charge >= 0.3 is 17.9 Å². The minimum absolute atomic E-state index is 0.00736. The van der Waals surface area contributed by atoms with Crippen LogP contribution in [0.2, 0.25) is 0 Å². The average Bonchev–Trinajstić information content (AvgIpc) is 1.57. The van der Waals surface area contributed by atoms with E-state index in [2.05, 4.69) is 82.0 Å². The minimum Gasteiger partial charge on any atom is -0.480 e. The second-order valence-electron chi connectivity index (χ2n) is 36.0. The van der Waals surface area contributed by atoms with Gasteiger partial charge < -0.3 is 100 Å². The van der Waals surface area contributed by atoms with Gasteiger partial charge in [-0.2, -0.15) is 11.8 Å². The van der Waals surface area contributed by atoms with Gasteiger partial charge in [0.25, 0.3) is 0 Å². The van der Waals surface area contributed by atoms with Crippen LogP contribution in [0.4, 0.5) is 0 Å². The minimum atomic E-state index is -1.42. The van der Waals surface area contributed by atoms with E-state index in [1.807, 2.05) is 45.2 Å². The Labute approximate surface area is 733 Å². The van der Waals surface area contributed by atoms with Crippen molar-refractivity contribution in [3.63, 3.8) is 0 Å². The molecule has 1 aromatic carbocycles. The van der Waals surface area contributed by atoms with E-state index in [0.717, 1.165) is 23.7 Å². The van der Waals surface area contributed by atoms with Crippen LogP contribution in [-0.2, 0) is 84.8 Å². The fourth-order valence-corrected chi connectivity index (χ4v) is 20.0. The number of benzene rings is 1. The molecule has 40 heteroatoms. The van der Waals surface area contributed by atoms with Crippen LogP contribution < -0.4 is 64.6 Å². The summed E-state index contributed by atoms with van der Waals surface area (Å²) in [6, 6.07) is -1.92. The number of aliphatic hydroxyl groups excluding tert-OH is 2. The molecule has 8 rings (SSSR count). The highest BCUT2D eigenvalue weighted by Gasteiger charge is 2.66. The maximum absolute atomic E-state index is 14.7. The van der Waals surface area contributed by atoms with Crippen molar-refractivity contribution in [1.29, 1.82) is 0 Å². The number of hydrogen-bond donors (Lipinski definition) is 19. The topological polar surface area (TPSA) is 587 Å². The summed E-state index contributed by atoms with van der Waals surface area (Å²) in [5.41, 5.74) is 12.1. The molecule has 0 bridgehead atoms. The molecule has 3 aromatic rings. The molecule has 1 saturated heterocycles. The molecule has 0 spiro atoms. The number of aliphatic hydroxyl groups is 2. The SMILES string of the molecule is CSCC[C@H](NC(=O)[C@H](CC(C)C)NC(=O)[C@H](Cc1cnc[nH]1)NC(=O)CNC(=O)[C@@H](NC(=O)[C@H](C)NC(=O)[C@H](Cc1c[nH]c2ccccc12)NC(=O)[C@H](CCC(N)=O)NC(=O)CCC(C)[C@H]1CCC2C3C(O)CC4C[C@@H](NC(=O)CNC(=O)CN5CCN(CC(=O)O)CCN(CC(=O)O)CCN(CC(=O)O)CC5)CC[C@]4(C)C3C[C@H](O)[C@@]21C)C(C)C)C(N)=O. The van der Waals surface area contributed by atoms with E-state index < -0.39 is 161 Å². The number of fused-ring (bicyclic) bond motifs is 6. The number of carbonyl (C=O) groups is 15. The van der Waals surface area contributed by atoms with Crippen LogP contribution in [0, 0.1) is 58.2 Å². The number of aliphatic carboxylic acids is 3. The zero-order chi connectivity index (χ0) is 91.7. The zero-order valence-electron chi connectivity index (χ0n) is 73.3. The Morgan fingerprint density at radius 1 is 0.568 bits per heavy atom. The van der Waals surface area contributed by atoms with Crippen LogP contribution >= 0.6 is 11.8 Å². The van der Waals surface area contributed by atoms with Crippen LogP contribution in [0.3, 0.4) is 0 Å². The number of primary amides is 2. The maximum Gasteiger partial charge on any atom is 0.317 e. The molecule has 4 aliphatic carbocycles. The van der Waals surface area contributed by atoms with Crippen LogP contribution in [0.1, 0.15) is 150 Å². The number of imidazole rings is 1. The normalized spacial score (nSPS) is 24.6. The molecule has 18 atom stereocenters. The van der Waals surface area contributed by atoms with Gasteiger partial charge in [-0.05, 0) is 159 Å². The van der Waals surface area contributed by atoms with E-state index >= 15 is 0 Å². The number of rotatable bonds is 44. The van der Waals surface area contributed by atoms with Crippen LogP contribution in [0.5, 0.6) is 0 Å². The molecule has 2 aromatic heterocycles. The number of hydrogen-bond acceptors (Lipinski definition) is 23. The van der Waals surface area contributed by atoms with Crippen molar-refractivity contribution in [3.05, 3.63) is 54.2 Å². The summed E-state index contributed by atoms with van der Waals surface area (Å²) in [4.78, 5) is 217. The number of nitrogens with two attached hydrogens (primary N) is 2. The van der Waals surface area contributed by atoms with Gasteiger partial charge in [0, 0.05) is 113 Å². The molecule has 3 heterocycles. The third-order valence-corrected chi connectivity index (χ3v) is 26.9. The first-order valence-electron chi connectivity index (χ1n) is 43.6. The Bertz CT molecular complexity index is 4200. The molecule has 21 N–H and O–H groups in total. The Kier molecular flexibility index (Phi) is 37.9. The largest absolute Gasteiger partial charge is 0.480 e. The highest BCUT2D eigenvalue weighted by molar-refractivity contribution is 7.98. The fourth-order valence-electron chi connectivity index (χ4n) is 19.5. The quantitative estimate of drug-likeness (QED) is 0.0306. The summed E-state index contributed by atoms with van der Waals surface area (Å²) in [5, 5.41) is 81.6. The number of carboxylic acids is 3. The van der Waals surface area contributed by atoms with Crippen molar-refractivity contribution in [2.45, 2.75) is 212 Å². The Hall–Kier alpha value is -9.87. The van der Waals surface area contributed by atoms with Crippen molar-refractivity contribution in [2.75, 3.05) is 104 Å². The zero-order valence-corrected chi connectivity index (χ0v) is 74.1. The molecule has 12 amide bonds. The fraction of sp³-hybridized carbons (Fsp3) is 0.694. The highest BCUT2D eigenvalue weighted by Crippen LogP contribution is 2.68. The Balaban J connectivity index is 0.844. The van der Waals surface area contributed by atoms with Crippen LogP contribution in [-0.4, -0.2) is 313 Å². The Morgan fingerprint density at radius 3 is 1.72 bits per heavy atom. The van der Waals surface area contributed by atoms with Gasteiger partial charge in [-0.1, -0.05) is 66.7 Å². The van der Waals surface area contributed by atoms with E-state index in [9.17, 15) is 97.5 Å². The summed E-state index contributed by atoms with van der Waals surface area (Å²) < 4.78 is 0. The maximum atomic E-state index is 14.7. The first-order chi connectivity index (χ1) is 59.1. The van der Waals surface area contributed by atoms with Gasteiger partial charge in [-0.3, -0.25) is 91.5 Å². The first-order valence-corrected chi connectivity index (χ1v) is 45.0. The molecule has 4 saturated carbocycles. The van der Waals surface area contributed by atoms with Crippen molar-refractivity contribution in [3.8, 4) is 0 Å². The van der Waals surface area contributed by atoms with Gasteiger partial charge in [-0.15, -0.1) is 0 Å². The van der Waals surface area contributed by atoms with Gasteiger partial charge in [-0.25, -0.2) is 4.98 Å². The number of thioether (sulfide) groups is 1. The third kappa shape index (κ3) is 29.1. The molecule has 125 heavy (non-hydrogen) atoms. The van der Waals surface area contributed by atoms with Crippen molar-refractivity contribution < 1.29 is 97.5 Å². The average molecular weight is 1770 g/mol. The molecule has 694 valence electrons. The molecule has 6 unspecified atom stereocenters. The van der Waals surface area contributed by atoms with Crippen molar-refractivity contribution in [2.24, 2.45) is 69.6 Å². The molecular weight excluding hydrogens is 1640 g/mol. The van der Waals surface area contributed by atoms with Crippen molar-refractivity contribution >= 4 is 111 Å². The molecule has 1 aliphatic heterocycles. The van der Waals surface area contributed by atoms with E-state index in [1.165, 1.54) is 31.2 Å². The number of carboxylic acid groups (broad SMARTS) is 3. The predicted molar refractivity (Wildman–Crippen MR) is 461 cm³/mol. The standard InChI is InChI=1S/C85H133N19O20S/c1-47(2)32-62(81(122)97-60(77(87)118)21-31-125-9)98-82(123)64(36-54-39-88-46-92-54)96-70(110)41-91-83(124)76(48(3)4)100-78(119)50(6)93-80(121)63(33-51-38-89-59-13-11-10-12-55(51)59)99-79(120)61(17-18-67(86)107)95-68(108)19-14-49(5)56-15-16-57-75-58(37-66(106)85(56,57)8)84(7)22-20-53(34-52(84)35-65(75)105)94-69(109)40-90-71(111)42-101-23-25-102(43-72(112)113)27-29-104(45-74(116)117)30-28-103(26-24-101)44-73(114)115/h10-13,38-39,46-50,52-53,56-58,60-66,75-76,89,105-106H,14-37,40-45H2,1-9H3,(H2,86,107)(H2,87,118)(H,88,92)(H,90,111)(H,91,124)(H,93,121)(H,94,109)(H,95,108)(H,96,110)(H,97,122)(H,98,123)(H,99,120)(H,100,119)(H,112,113)(H,114,115)(H,116,117)/t49?,50-,52?,53-,56+,57?,58?,60-,61-,62-,63-,64-,65?,66-,75?,76-,84-,85+/m0/s1. The molecular formula is C85H133N19O20S. The molecule has 39 nitrogen and oxygen atoms in total. The van der Waals surface area contributed by atoms with Gasteiger partial charge in [0.15, 0.2) is 0 Å². The number of H-pyrrole nitrogens is 2. The number of amides is 12. The first kappa shape index (κ1) is 101. The van der Waals surface area contributed by atoms with E-state index in [-0.39, 0.29) is 183 Å². The predicted octanol–water partition coefficient (Wildman–Crippen LogP) is -1.49. The van der Waals surface area contributed by atoms with Crippen LogP contribution in [0.25, 0.3) is 10.9 Å². The summed E-state index contributed by atoms with van der Waals surface area (Å²) in [6.07, 6.45) is 8.98. The number of para-hydroxylation sites is 1. The second kappa shape index (κ2) is 47.1. The van der Waals surface area contributed by atoms with Gasteiger partial charge in [0.05, 0.1) is 57.8 Å². The monoisotopic (exact) mass is 1770 g/mol. The lowest BCUT2D eigenvalue weighted by molar-refractivity contribution is -0.202. The van der Waals surface area contributed by atoms with Crippen LogP contribution in [0.15, 0.2) is 43.0 Å². The number of nitrogens with one attached hydrogen (secondary N) is 12. The third-order valence-electron chi connectivity index (χ3n) is 26.3. The lowest BCUT2D eigenvalue weighted by Crippen LogP contribution is -2.63. The van der Waals surface area contributed by atoms with E-state index in [1.54, 1.807) is 45.7 Å². The summed E-state index contributed by atoms with van der Waals surface area (Å²) in [5.74, 6) is -12.3. The summed E-state index contributed by atoms with van der Waals surface area (Å²) in [6.45, 7) is 14.3. The second-order valence-corrected chi connectivity index (χ2v) is 37.0. The summed E-state index contributed by atoms with van der Waals surface area (Å²) >= 11 is 1.46. The van der Waals surface area contributed by atoms with Gasteiger partial charge in [0.2, 0.25) is 70.9 Å². The molecule has 5 fully saturated rings. The molecule has 5 aliphatic rings. The lowest BCUT2D eigenvalue weighted by atomic mass is 9.43. The van der Waals surface area contributed by atoms with E-state index in [0.29, 0.717) is 55.5 Å². The highest BCUT2D eigenvalue weighted by atomic mass is 32.2. The smallest absolute Gasteiger partial charge is 0.317 e. The number of nitrogens with zero attached hydrogens (tertiary/aromatic N) is 5. The van der Waals surface area contributed by atoms with Crippen molar-refractivity contribution in [1.82, 2.24) is 87.7 Å². The number of aromatic nitrogens is 3. The lowest BCUT2D eigenvalue weighted by Gasteiger charge is -2.63. The van der Waals surface area contributed by atoms with E-state index in [4.69, 9.17) is 11.5 Å². The van der Waals surface area contributed by atoms with Gasteiger partial charge in [0.1, 0.15) is 42.3 Å². The molecule has 0 radical (unpaired) electrons.